The van der Waals surface area contributed by atoms with Gasteiger partial charge in [-0.25, -0.2) is 9.28 Å². The molecule has 520 valence electrons. The Labute approximate surface area is 547 Å². The van der Waals surface area contributed by atoms with Crippen LogP contribution in [0.25, 0.3) is 0 Å². The number of amides is 11. The second-order valence-corrected chi connectivity index (χ2v) is 28.8. The lowest BCUT2D eigenvalue weighted by atomic mass is 9.91. The van der Waals surface area contributed by atoms with Crippen molar-refractivity contribution in [1.82, 2.24) is 50.7 Å². The van der Waals surface area contributed by atoms with Crippen molar-refractivity contribution in [1.29, 1.82) is 0 Å². The van der Waals surface area contributed by atoms with E-state index >= 15 is 14.4 Å². The molecule has 0 saturated carbocycles. The van der Waals surface area contributed by atoms with Gasteiger partial charge in [-0.05, 0) is 96.1 Å². The Kier molecular flexibility index (Phi) is 31.3. The highest BCUT2D eigenvalue weighted by Crippen LogP contribution is 2.45. The molecule has 0 spiro atoms. The first kappa shape index (κ1) is 81.4. The molecule has 6 N–H and O–H groups in total. The highest BCUT2D eigenvalue weighted by Gasteiger charge is 2.74. The number of nitrogens with zero attached hydrogens (tertiary/aromatic N) is 7. The first-order valence-corrected chi connectivity index (χ1v) is 33.6. The molecule has 25 nitrogen and oxygen atoms in total. The standard InChI is InChI=1S/C65H115N11O14S/c1-26-28-29-40(13)53(78)50-57(82)68-43(27-2)58(83)73(21)47(33-77)60(85)72(20)46(32-65(16,17)90-34-91-25)56(81)69-48(37(7)8)61(86)70(18)44(30-35(3)4)55(80)66-41(14)54(79)67-42(15)64(89)76(24)51(39(11)12)52(76)63(88)71(19)45(31-36(5)6)59(84)74(22)49(38(9)10)62(87)75(50)23/h26,28,35-53,77-78H,27,29-34H2,1-25H3,(H3-,66,67,68,69,79,80,81,82)/p+1/t40-,41+,42-,43+,44+,45+,46+,47?,48+,49+,50+,51?,52-,53-,76?/m1/s1. The second-order valence-electron chi connectivity index (χ2n) is 27.9. The number of hydrogen-bond acceptors (Lipinski definition) is 15. The molecule has 0 aromatic carbocycles. The van der Waals surface area contributed by atoms with Crippen molar-refractivity contribution in [3.63, 3.8) is 0 Å². The van der Waals surface area contributed by atoms with E-state index < -0.39 is 178 Å². The molecular formula is C65H116N11O14S+. The maximum absolute atomic E-state index is 15.3. The lowest BCUT2D eigenvalue weighted by molar-refractivity contribution is -0.723. The number of likely N-dealkylation sites (N-methyl/N-ethyl adjacent to an activating group) is 7. The van der Waals surface area contributed by atoms with E-state index in [0.29, 0.717) is 0 Å². The van der Waals surface area contributed by atoms with Crippen LogP contribution in [0.2, 0.25) is 0 Å². The summed E-state index contributed by atoms with van der Waals surface area (Å²) in [6, 6.07) is -15.1. The summed E-state index contributed by atoms with van der Waals surface area (Å²) in [6.45, 7) is 28.4. The van der Waals surface area contributed by atoms with Crippen molar-refractivity contribution in [3.8, 4) is 0 Å². The minimum absolute atomic E-state index is 0.0796. The molecule has 0 aliphatic carbocycles. The average molecular weight is 1310 g/mol. The molecule has 26 heteroatoms. The van der Waals surface area contributed by atoms with Gasteiger partial charge in [-0.3, -0.25) is 47.9 Å². The molecular weight excluding hydrogens is 1190 g/mol. The van der Waals surface area contributed by atoms with Crippen molar-refractivity contribution in [2.24, 2.45) is 35.5 Å². The maximum Gasteiger partial charge on any atom is 0.336 e. The monoisotopic (exact) mass is 1310 g/mol. The molecule has 15 atom stereocenters. The molecule has 2 aliphatic rings. The Hall–Kier alpha value is -5.70. The number of carbonyl (C=O) groups excluding carboxylic acids is 11. The Morgan fingerprint density at radius 2 is 1.07 bits per heavy atom. The molecule has 91 heavy (non-hydrogen) atoms. The summed E-state index contributed by atoms with van der Waals surface area (Å²) < 4.78 is 5.70. The quantitative estimate of drug-likeness (QED) is 0.0498. The zero-order valence-corrected chi connectivity index (χ0v) is 60.2. The van der Waals surface area contributed by atoms with Gasteiger partial charge in [0.25, 0.3) is 5.91 Å². The molecule has 2 saturated heterocycles. The number of nitrogens with one attached hydrogen (secondary N) is 4. The number of quaternary nitrogens is 1. The molecule has 0 radical (unpaired) electrons. The zero-order valence-electron chi connectivity index (χ0n) is 59.4. The average Bonchev–Trinajstić information content (AvgIpc) is 1.54. The zero-order chi connectivity index (χ0) is 70.4. The smallest absolute Gasteiger partial charge is 0.336 e. The molecule has 2 aliphatic heterocycles. The van der Waals surface area contributed by atoms with E-state index in [1.165, 1.54) is 82.6 Å². The Morgan fingerprint density at radius 3 is 1.55 bits per heavy atom. The number of fused-ring (bicyclic) bond motifs is 1. The van der Waals surface area contributed by atoms with Gasteiger partial charge in [-0.1, -0.05) is 95.2 Å². The fraction of sp³-hybridized carbons (Fsp3) is 0.800. The summed E-state index contributed by atoms with van der Waals surface area (Å²) in [4.78, 5) is 170. The van der Waals surface area contributed by atoms with E-state index in [0.717, 1.165) is 14.7 Å². The summed E-state index contributed by atoms with van der Waals surface area (Å²) in [5, 5.41) is 34.2. The Bertz CT molecular complexity index is 2580. The molecule has 2 heterocycles. The van der Waals surface area contributed by atoms with Gasteiger partial charge in [0, 0.05) is 54.6 Å². The van der Waals surface area contributed by atoms with E-state index in [4.69, 9.17) is 4.74 Å². The minimum atomic E-state index is -1.68. The molecule has 3 unspecified atom stereocenters. The number of ether oxygens (including phenoxy) is 1. The van der Waals surface area contributed by atoms with Crippen LogP contribution in [0.3, 0.4) is 0 Å². The SMILES string of the molecule is CC=CC[C@@H](C)[C@@H](O)[C@H]1C(=O)N[C@@H](CC)C(=O)N(C)C(CO)C(=O)N(C)[C@@H](CC(C)(C)OCSC)C(=O)N[C@@H](C(C)C)C(=O)N(C)[C@@H](CC(C)C)C(=O)N[C@@H](C)C(=O)N[C@H](C)C(=O)[N+]2(C)C(C(C)C)[C@@H]2C(=O)N(C)[C@@H](CC(C)C)C(=O)N(C)[C@@H](C(C)C)C(=O)N1C. The van der Waals surface area contributed by atoms with E-state index in [2.05, 4.69) is 21.3 Å². The van der Waals surface area contributed by atoms with Crippen LogP contribution in [0.1, 0.15) is 150 Å². The van der Waals surface area contributed by atoms with Crippen LogP contribution >= 0.6 is 11.8 Å². The molecule has 2 fully saturated rings. The van der Waals surface area contributed by atoms with Gasteiger partial charge in [0.2, 0.25) is 59.2 Å². The van der Waals surface area contributed by atoms with Gasteiger partial charge in [0.15, 0.2) is 6.04 Å². The Morgan fingerprint density at radius 1 is 0.582 bits per heavy atom. The molecule has 11 amide bonds. The van der Waals surface area contributed by atoms with Crippen molar-refractivity contribution >= 4 is 76.7 Å². The lowest BCUT2D eigenvalue weighted by Crippen LogP contribution is -2.64. The maximum atomic E-state index is 15.3. The number of thioether (sulfide) groups is 1. The van der Waals surface area contributed by atoms with E-state index in [1.54, 1.807) is 81.5 Å². The third-order valence-electron chi connectivity index (χ3n) is 18.2. The number of hydrogen-bond donors (Lipinski definition) is 6. The number of allylic oxidation sites excluding steroid dienone is 2. The summed E-state index contributed by atoms with van der Waals surface area (Å²) >= 11 is 1.37. The fourth-order valence-electron chi connectivity index (χ4n) is 12.4. The predicted octanol–water partition coefficient (Wildman–Crippen LogP) is 2.60. The van der Waals surface area contributed by atoms with Crippen molar-refractivity contribution in [2.75, 3.05) is 68.1 Å². The molecule has 0 aromatic rings. The van der Waals surface area contributed by atoms with Crippen LogP contribution in [0.4, 0.5) is 0 Å². The predicted molar refractivity (Wildman–Crippen MR) is 351 cm³/mol. The topological polar surface area (TPSA) is 305 Å². The van der Waals surface area contributed by atoms with E-state index in [9.17, 15) is 48.6 Å². The summed E-state index contributed by atoms with van der Waals surface area (Å²) in [6.07, 6.45) is 4.11. The highest BCUT2D eigenvalue weighted by atomic mass is 32.2. The van der Waals surface area contributed by atoms with Crippen LogP contribution in [0.5, 0.6) is 0 Å². The van der Waals surface area contributed by atoms with Gasteiger partial charge >= 0.3 is 5.91 Å². The van der Waals surface area contributed by atoms with Crippen molar-refractivity contribution in [3.05, 3.63) is 12.2 Å². The third-order valence-corrected chi connectivity index (χ3v) is 18.5. The lowest BCUT2D eigenvalue weighted by Gasteiger charge is -2.41. The van der Waals surface area contributed by atoms with Gasteiger partial charge in [-0.2, -0.15) is 0 Å². The Balaban J connectivity index is 3.08. The van der Waals surface area contributed by atoms with Gasteiger partial charge in [-0.15, -0.1) is 11.8 Å². The van der Waals surface area contributed by atoms with Crippen LogP contribution < -0.4 is 21.3 Å². The minimum Gasteiger partial charge on any atom is -0.394 e. The molecule has 2 rings (SSSR count). The number of aliphatic hydroxyl groups is 2. The first-order valence-electron chi connectivity index (χ1n) is 32.3. The fourth-order valence-corrected chi connectivity index (χ4v) is 12.9. The number of aliphatic hydroxyl groups excluding tert-OH is 2. The molecule has 0 aromatic heterocycles. The molecule has 0 bridgehead atoms. The van der Waals surface area contributed by atoms with E-state index in [-0.39, 0.29) is 55.8 Å². The van der Waals surface area contributed by atoms with Crippen LogP contribution in [0.15, 0.2) is 12.2 Å². The van der Waals surface area contributed by atoms with Gasteiger partial charge in [0.05, 0.1) is 31.3 Å². The van der Waals surface area contributed by atoms with Gasteiger partial charge in [0.1, 0.15) is 60.4 Å². The normalized spacial score (nSPS) is 29.6. The first-order chi connectivity index (χ1) is 42.0. The van der Waals surface area contributed by atoms with Gasteiger partial charge < -0.3 is 65.6 Å². The highest BCUT2D eigenvalue weighted by molar-refractivity contribution is 7.98. The second kappa shape index (κ2) is 35.0. The number of carbonyl (C=O) groups is 11. The van der Waals surface area contributed by atoms with Crippen LogP contribution in [0, 0.1) is 35.5 Å². The van der Waals surface area contributed by atoms with Crippen LogP contribution in [-0.2, 0) is 57.5 Å². The summed E-state index contributed by atoms with van der Waals surface area (Å²) in [5.74, 6) is -10.3. The van der Waals surface area contributed by atoms with Crippen molar-refractivity contribution < 1.29 is 72.2 Å². The third kappa shape index (κ3) is 20.2. The van der Waals surface area contributed by atoms with Crippen LogP contribution in [-0.4, -0.2) is 261 Å². The summed E-state index contributed by atoms with van der Waals surface area (Å²) in [7, 11) is 9.82. The van der Waals surface area contributed by atoms with E-state index in [1.807, 2.05) is 47.8 Å². The van der Waals surface area contributed by atoms with Crippen molar-refractivity contribution in [2.45, 2.75) is 234 Å². The largest absolute Gasteiger partial charge is 0.394 e. The number of rotatable bonds is 18. The summed E-state index contributed by atoms with van der Waals surface area (Å²) in [5.41, 5.74) is -1.09.